The molecule has 6 nitrogen and oxygen atoms in total. The van der Waals surface area contributed by atoms with Crippen molar-refractivity contribution >= 4 is 27.5 Å². The molecule has 0 spiro atoms. The van der Waals surface area contributed by atoms with E-state index < -0.39 is 0 Å². The number of aromatic nitrogens is 4. The molecule has 3 heterocycles. The van der Waals surface area contributed by atoms with Gasteiger partial charge in [-0.15, -0.1) is 10.2 Å². The average Bonchev–Trinajstić information content (AvgIpc) is 3.02. The number of fused-ring (bicyclic) bond motifs is 1. The molecule has 0 fully saturated rings. The van der Waals surface area contributed by atoms with Crippen LogP contribution in [0, 0.1) is 0 Å². The van der Waals surface area contributed by atoms with Crippen molar-refractivity contribution in [3.63, 3.8) is 0 Å². The second-order valence-electron chi connectivity index (χ2n) is 3.96. The number of H-pyrrole nitrogens is 1. The van der Waals surface area contributed by atoms with Gasteiger partial charge in [0.25, 0.3) is 5.91 Å². The molecule has 0 saturated heterocycles. The lowest BCUT2D eigenvalue weighted by Gasteiger charge is -2.02. The molecule has 3 aromatic heterocycles. The van der Waals surface area contributed by atoms with E-state index in [1.165, 1.54) is 0 Å². The lowest BCUT2D eigenvalue weighted by atomic mass is 10.4. The SMILES string of the molecule is O=C(NCc1nnc2ccccn12)c1cc(Br)c[nH]1. The zero-order valence-corrected chi connectivity index (χ0v) is 11.4. The minimum atomic E-state index is -0.182. The molecule has 0 saturated carbocycles. The van der Waals surface area contributed by atoms with Crippen LogP contribution in [0.15, 0.2) is 41.1 Å². The molecule has 96 valence electrons. The molecule has 1 amide bonds. The molecule has 0 aliphatic carbocycles. The highest BCUT2D eigenvalue weighted by atomic mass is 79.9. The molecule has 0 aromatic carbocycles. The fourth-order valence-electron chi connectivity index (χ4n) is 1.77. The Hall–Kier alpha value is -2.15. The zero-order chi connectivity index (χ0) is 13.2. The van der Waals surface area contributed by atoms with Gasteiger partial charge in [0.15, 0.2) is 11.5 Å². The van der Waals surface area contributed by atoms with Crippen molar-refractivity contribution in [1.82, 2.24) is 24.9 Å². The quantitative estimate of drug-likeness (QED) is 0.772. The van der Waals surface area contributed by atoms with Gasteiger partial charge < -0.3 is 10.3 Å². The first kappa shape index (κ1) is 11.9. The highest BCUT2D eigenvalue weighted by Crippen LogP contribution is 2.10. The minimum absolute atomic E-state index is 0.182. The topological polar surface area (TPSA) is 75.1 Å². The van der Waals surface area contributed by atoms with Crippen LogP contribution in [0.4, 0.5) is 0 Å². The number of carbonyl (C=O) groups is 1. The lowest BCUT2D eigenvalue weighted by Crippen LogP contribution is -2.24. The van der Waals surface area contributed by atoms with Crippen molar-refractivity contribution in [2.75, 3.05) is 0 Å². The Bertz CT molecular complexity index is 732. The molecular weight excluding hydrogens is 310 g/mol. The summed E-state index contributed by atoms with van der Waals surface area (Å²) >= 11 is 3.29. The van der Waals surface area contributed by atoms with Crippen molar-refractivity contribution in [3.05, 3.63) is 52.7 Å². The molecule has 19 heavy (non-hydrogen) atoms. The molecule has 0 radical (unpaired) electrons. The summed E-state index contributed by atoms with van der Waals surface area (Å²) in [5, 5.41) is 10.9. The van der Waals surface area contributed by atoms with Gasteiger partial charge in [0, 0.05) is 16.9 Å². The number of hydrogen-bond donors (Lipinski definition) is 2. The van der Waals surface area contributed by atoms with Gasteiger partial charge in [-0.1, -0.05) is 6.07 Å². The van der Waals surface area contributed by atoms with E-state index in [1.54, 1.807) is 12.3 Å². The van der Waals surface area contributed by atoms with Crippen LogP contribution in [0.25, 0.3) is 5.65 Å². The van der Waals surface area contributed by atoms with Crippen molar-refractivity contribution in [3.8, 4) is 0 Å². The van der Waals surface area contributed by atoms with E-state index in [1.807, 2.05) is 28.8 Å². The van der Waals surface area contributed by atoms with E-state index in [0.717, 1.165) is 10.1 Å². The van der Waals surface area contributed by atoms with Crippen LogP contribution in [0.5, 0.6) is 0 Å². The minimum Gasteiger partial charge on any atom is -0.356 e. The molecule has 3 rings (SSSR count). The highest BCUT2D eigenvalue weighted by molar-refractivity contribution is 9.10. The number of nitrogens with one attached hydrogen (secondary N) is 2. The predicted octanol–water partition coefficient (Wildman–Crippen LogP) is 1.75. The maximum absolute atomic E-state index is 11.9. The van der Waals surface area contributed by atoms with E-state index >= 15 is 0 Å². The first-order valence-corrected chi connectivity index (χ1v) is 6.44. The van der Waals surface area contributed by atoms with Crippen LogP contribution in [-0.4, -0.2) is 25.5 Å². The first-order chi connectivity index (χ1) is 9.24. The molecular formula is C12H10BrN5O. The number of amides is 1. The van der Waals surface area contributed by atoms with Gasteiger partial charge in [0.2, 0.25) is 0 Å². The summed E-state index contributed by atoms with van der Waals surface area (Å²) < 4.78 is 2.68. The predicted molar refractivity (Wildman–Crippen MR) is 72.6 cm³/mol. The van der Waals surface area contributed by atoms with Crippen LogP contribution < -0.4 is 5.32 Å². The third-order valence-electron chi connectivity index (χ3n) is 2.68. The van der Waals surface area contributed by atoms with Gasteiger partial charge in [-0.2, -0.15) is 0 Å². The van der Waals surface area contributed by atoms with Crippen LogP contribution in [0.3, 0.4) is 0 Å². The Balaban J connectivity index is 1.74. The van der Waals surface area contributed by atoms with Crippen molar-refractivity contribution in [1.29, 1.82) is 0 Å². The summed E-state index contributed by atoms with van der Waals surface area (Å²) in [4.78, 5) is 14.7. The van der Waals surface area contributed by atoms with Crippen molar-refractivity contribution < 1.29 is 4.79 Å². The molecule has 0 bridgehead atoms. The largest absolute Gasteiger partial charge is 0.356 e. The molecule has 0 aliphatic heterocycles. The molecule has 0 atom stereocenters. The van der Waals surface area contributed by atoms with Crippen LogP contribution in [0.1, 0.15) is 16.3 Å². The summed E-state index contributed by atoms with van der Waals surface area (Å²) in [6.45, 7) is 0.320. The monoisotopic (exact) mass is 319 g/mol. The second kappa shape index (κ2) is 4.85. The Morgan fingerprint density at radius 1 is 1.42 bits per heavy atom. The lowest BCUT2D eigenvalue weighted by molar-refractivity contribution is 0.0945. The number of carbonyl (C=O) groups excluding carboxylic acids is 1. The average molecular weight is 320 g/mol. The second-order valence-corrected chi connectivity index (χ2v) is 4.87. The Kier molecular flexibility index (Phi) is 3.04. The number of halogens is 1. The van der Waals surface area contributed by atoms with Gasteiger partial charge in [0.05, 0.1) is 6.54 Å². The Morgan fingerprint density at radius 2 is 2.32 bits per heavy atom. The first-order valence-electron chi connectivity index (χ1n) is 5.65. The molecule has 2 N–H and O–H groups in total. The van der Waals surface area contributed by atoms with Gasteiger partial charge in [-0.3, -0.25) is 9.20 Å². The third kappa shape index (κ3) is 2.37. The Morgan fingerprint density at radius 3 is 3.11 bits per heavy atom. The maximum atomic E-state index is 11.9. The van der Waals surface area contributed by atoms with Crippen LogP contribution in [0.2, 0.25) is 0 Å². The number of rotatable bonds is 3. The summed E-state index contributed by atoms with van der Waals surface area (Å²) in [6.07, 6.45) is 3.57. The standard InChI is InChI=1S/C12H10BrN5O/c13-8-5-9(14-6-8)12(19)15-7-11-17-16-10-3-1-2-4-18(10)11/h1-6,14H,7H2,(H,15,19). The van der Waals surface area contributed by atoms with Crippen molar-refractivity contribution in [2.45, 2.75) is 6.54 Å². The Labute approximate surface area is 117 Å². The van der Waals surface area contributed by atoms with Gasteiger partial charge in [-0.25, -0.2) is 0 Å². The normalized spacial score (nSPS) is 10.8. The molecule has 3 aromatic rings. The number of pyridine rings is 1. The maximum Gasteiger partial charge on any atom is 0.268 e. The van der Waals surface area contributed by atoms with Gasteiger partial charge in [0.1, 0.15) is 5.69 Å². The third-order valence-corrected chi connectivity index (χ3v) is 3.14. The van der Waals surface area contributed by atoms with E-state index in [4.69, 9.17) is 0 Å². The molecule has 7 heteroatoms. The summed E-state index contributed by atoms with van der Waals surface area (Å²) in [5.41, 5.74) is 1.26. The number of hydrogen-bond acceptors (Lipinski definition) is 3. The molecule has 0 aliphatic rings. The van der Waals surface area contributed by atoms with Crippen LogP contribution >= 0.6 is 15.9 Å². The fraction of sp³-hybridized carbons (Fsp3) is 0.0833. The van der Waals surface area contributed by atoms with Crippen molar-refractivity contribution in [2.24, 2.45) is 0 Å². The van der Waals surface area contributed by atoms with E-state index in [-0.39, 0.29) is 5.91 Å². The summed E-state index contributed by atoms with van der Waals surface area (Å²) in [6, 6.07) is 7.37. The number of nitrogens with zero attached hydrogens (tertiary/aromatic N) is 3. The van der Waals surface area contributed by atoms with E-state index in [0.29, 0.717) is 18.1 Å². The smallest absolute Gasteiger partial charge is 0.268 e. The fourth-order valence-corrected chi connectivity index (χ4v) is 2.11. The van der Waals surface area contributed by atoms with E-state index in [9.17, 15) is 4.79 Å². The zero-order valence-electron chi connectivity index (χ0n) is 9.80. The highest BCUT2D eigenvalue weighted by Gasteiger charge is 2.10. The van der Waals surface area contributed by atoms with Crippen LogP contribution in [-0.2, 0) is 6.54 Å². The summed E-state index contributed by atoms with van der Waals surface area (Å²) in [7, 11) is 0. The van der Waals surface area contributed by atoms with Gasteiger partial charge in [-0.05, 0) is 34.1 Å². The van der Waals surface area contributed by atoms with E-state index in [2.05, 4.69) is 36.4 Å². The summed E-state index contributed by atoms with van der Waals surface area (Å²) in [5.74, 6) is 0.507. The van der Waals surface area contributed by atoms with Gasteiger partial charge >= 0.3 is 0 Å². The number of aromatic amines is 1. The molecule has 0 unspecified atom stereocenters.